The Balaban J connectivity index is 1.59. The van der Waals surface area contributed by atoms with E-state index in [0.29, 0.717) is 0 Å². The largest absolute Gasteiger partial charge is 0.309 e. The van der Waals surface area contributed by atoms with Gasteiger partial charge in [0.15, 0.2) is 0 Å². The van der Waals surface area contributed by atoms with Crippen LogP contribution in [0.15, 0.2) is 53.0 Å². The summed E-state index contributed by atoms with van der Waals surface area (Å²) >= 11 is 3.46. The summed E-state index contributed by atoms with van der Waals surface area (Å²) in [6, 6.07) is 17.3. The van der Waals surface area contributed by atoms with E-state index >= 15 is 0 Å². The normalized spacial score (nSPS) is 14.6. The number of hydrogen-bond donors (Lipinski definition) is 1. The van der Waals surface area contributed by atoms with E-state index in [1.165, 1.54) is 24.0 Å². The summed E-state index contributed by atoms with van der Waals surface area (Å²) in [6.07, 6.45) is 2.73. The van der Waals surface area contributed by atoms with E-state index in [2.05, 4.69) is 69.8 Å². The van der Waals surface area contributed by atoms with Crippen molar-refractivity contribution < 1.29 is 0 Å². The Labute approximate surface area is 123 Å². The smallest absolute Gasteiger partial charge is 0.0211 e. The van der Waals surface area contributed by atoms with Gasteiger partial charge in [-0.3, -0.25) is 0 Å². The molecule has 0 unspecified atom stereocenters. The molecule has 19 heavy (non-hydrogen) atoms. The molecule has 2 aromatic rings. The number of nitrogens with one attached hydrogen (secondary N) is 1. The van der Waals surface area contributed by atoms with Crippen LogP contribution in [-0.2, 0) is 13.1 Å². The molecule has 1 saturated carbocycles. The van der Waals surface area contributed by atoms with Crippen LogP contribution < -0.4 is 5.32 Å². The minimum Gasteiger partial charge on any atom is -0.309 e. The number of hydrogen-bond acceptors (Lipinski definition) is 1. The maximum Gasteiger partial charge on any atom is 0.0211 e. The van der Waals surface area contributed by atoms with Crippen LogP contribution in [0.5, 0.6) is 0 Å². The highest BCUT2D eigenvalue weighted by molar-refractivity contribution is 9.10. The van der Waals surface area contributed by atoms with Crippen LogP contribution in [0.2, 0.25) is 0 Å². The highest BCUT2D eigenvalue weighted by Crippen LogP contribution is 2.41. The highest BCUT2D eigenvalue weighted by atomic mass is 79.9. The summed E-state index contributed by atoms with van der Waals surface area (Å²) < 4.78 is 1.13. The monoisotopic (exact) mass is 315 g/mol. The molecule has 1 N–H and O–H groups in total. The van der Waals surface area contributed by atoms with Crippen LogP contribution in [-0.4, -0.2) is 0 Å². The zero-order valence-corrected chi connectivity index (χ0v) is 12.5. The lowest BCUT2D eigenvalue weighted by atomic mass is 10.0. The molecule has 0 atom stereocenters. The third-order valence-corrected chi connectivity index (χ3v) is 4.16. The molecule has 1 aliphatic carbocycles. The van der Waals surface area contributed by atoms with Gasteiger partial charge in [0.05, 0.1) is 0 Å². The van der Waals surface area contributed by atoms with Crippen LogP contribution in [0.3, 0.4) is 0 Å². The molecule has 0 bridgehead atoms. The van der Waals surface area contributed by atoms with Gasteiger partial charge in [0, 0.05) is 17.6 Å². The molecule has 0 aromatic heterocycles. The third-order valence-electron chi connectivity index (χ3n) is 3.63. The van der Waals surface area contributed by atoms with E-state index in [1.54, 1.807) is 5.56 Å². The first kappa shape index (κ1) is 12.9. The van der Waals surface area contributed by atoms with Gasteiger partial charge in [-0.05, 0) is 47.6 Å². The van der Waals surface area contributed by atoms with Crippen molar-refractivity contribution in [3.05, 3.63) is 69.7 Å². The van der Waals surface area contributed by atoms with E-state index in [4.69, 9.17) is 0 Å². The van der Waals surface area contributed by atoms with Crippen molar-refractivity contribution in [3.63, 3.8) is 0 Å². The molecule has 0 radical (unpaired) electrons. The molecule has 1 fully saturated rings. The van der Waals surface area contributed by atoms with Crippen molar-refractivity contribution in [3.8, 4) is 0 Å². The predicted molar refractivity (Wildman–Crippen MR) is 83.1 cm³/mol. The van der Waals surface area contributed by atoms with Gasteiger partial charge in [-0.1, -0.05) is 52.3 Å². The fraction of sp³-hybridized carbons (Fsp3) is 0.294. The summed E-state index contributed by atoms with van der Waals surface area (Å²) in [5.41, 5.74) is 4.33. The van der Waals surface area contributed by atoms with E-state index in [9.17, 15) is 0 Å². The van der Waals surface area contributed by atoms with Gasteiger partial charge in [0.25, 0.3) is 0 Å². The van der Waals surface area contributed by atoms with Crippen LogP contribution in [0.25, 0.3) is 0 Å². The van der Waals surface area contributed by atoms with E-state index < -0.39 is 0 Å². The molecule has 0 aliphatic heterocycles. The summed E-state index contributed by atoms with van der Waals surface area (Å²) in [7, 11) is 0. The lowest BCUT2D eigenvalue weighted by molar-refractivity contribution is 0.688. The van der Waals surface area contributed by atoms with Gasteiger partial charge >= 0.3 is 0 Å². The van der Waals surface area contributed by atoms with Gasteiger partial charge < -0.3 is 5.32 Å². The topological polar surface area (TPSA) is 12.0 Å². The lowest BCUT2D eigenvalue weighted by Crippen LogP contribution is -2.13. The Hall–Kier alpha value is -1.12. The van der Waals surface area contributed by atoms with Gasteiger partial charge in [-0.2, -0.15) is 0 Å². The van der Waals surface area contributed by atoms with E-state index in [-0.39, 0.29) is 0 Å². The van der Waals surface area contributed by atoms with E-state index in [1.807, 2.05) is 0 Å². The summed E-state index contributed by atoms with van der Waals surface area (Å²) in [6.45, 7) is 1.88. The van der Waals surface area contributed by atoms with Crippen LogP contribution in [0, 0.1) is 0 Å². The molecule has 0 amide bonds. The molecule has 0 saturated heterocycles. The first-order valence-corrected chi connectivity index (χ1v) is 7.65. The second-order valence-corrected chi connectivity index (χ2v) is 6.12. The Morgan fingerprint density at radius 1 is 0.947 bits per heavy atom. The van der Waals surface area contributed by atoms with Gasteiger partial charge in [-0.25, -0.2) is 0 Å². The molecule has 2 heteroatoms. The predicted octanol–water partition coefficient (Wildman–Crippen LogP) is 4.62. The Bertz CT molecular complexity index is 543. The molecular formula is C17H18BrN. The molecule has 0 heterocycles. The summed E-state index contributed by atoms with van der Waals surface area (Å²) in [4.78, 5) is 0. The van der Waals surface area contributed by atoms with Crippen molar-refractivity contribution in [2.45, 2.75) is 31.8 Å². The number of halogens is 1. The molecule has 0 spiro atoms. The van der Waals surface area contributed by atoms with Crippen molar-refractivity contribution in [2.75, 3.05) is 0 Å². The first-order chi connectivity index (χ1) is 9.33. The second kappa shape index (κ2) is 5.89. The summed E-state index contributed by atoms with van der Waals surface area (Å²) in [5, 5.41) is 3.55. The Morgan fingerprint density at radius 2 is 1.68 bits per heavy atom. The minimum absolute atomic E-state index is 0.825. The zero-order chi connectivity index (χ0) is 13.1. The maximum atomic E-state index is 3.55. The van der Waals surface area contributed by atoms with Crippen LogP contribution in [0.1, 0.15) is 35.4 Å². The molecule has 3 rings (SSSR count). The molecular weight excluding hydrogens is 298 g/mol. The van der Waals surface area contributed by atoms with Crippen molar-refractivity contribution in [1.29, 1.82) is 0 Å². The highest BCUT2D eigenvalue weighted by Gasteiger charge is 2.25. The third kappa shape index (κ3) is 3.46. The number of benzene rings is 2. The fourth-order valence-electron chi connectivity index (χ4n) is 2.43. The fourth-order valence-corrected chi connectivity index (χ4v) is 2.70. The average molecular weight is 316 g/mol. The van der Waals surface area contributed by atoms with Gasteiger partial charge in [0.1, 0.15) is 0 Å². The zero-order valence-electron chi connectivity index (χ0n) is 10.9. The molecule has 98 valence electrons. The van der Waals surface area contributed by atoms with Crippen LogP contribution in [0.4, 0.5) is 0 Å². The molecule has 2 aromatic carbocycles. The van der Waals surface area contributed by atoms with Gasteiger partial charge in [0.2, 0.25) is 0 Å². The van der Waals surface area contributed by atoms with E-state index in [0.717, 1.165) is 23.5 Å². The minimum atomic E-state index is 0.825. The van der Waals surface area contributed by atoms with Crippen molar-refractivity contribution in [2.24, 2.45) is 0 Å². The Morgan fingerprint density at radius 3 is 2.42 bits per heavy atom. The second-order valence-electron chi connectivity index (χ2n) is 5.20. The Kier molecular flexibility index (Phi) is 4.00. The lowest BCUT2D eigenvalue weighted by Gasteiger charge is -2.10. The van der Waals surface area contributed by atoms with Crippen molar-refractivity contribution in [1.82, 2.24) is 5.32 Å². The quantitative estimate of drug-likeness (QED) is 0.849. The average Bonchev–Trinajstić information content (AvgIpc) is 3.26. The summed E-state index contributed by atoms with van der Waals surface area (Å²) in [5.74, 6) is 0.825. The molecule has 1 nitrogen and oxygen atoms in total. The van der Waals surface area contributed by atoms with Gasteiger partial charge in [-0.15, -0.1) is 0 Å². The number of rotatable bonds is 5. The van der Waals surface area contributed by atoms with Crippen LogP contribution >= 0.6 is 15.9 Å². The SMILES string of the molecule is Brc1ccc(CNCc2ccccc2C2CC2)cc1. The molecule has 1 aliphatic rings. The standard InChI is InChI=1S/C17H18BrN/c18-16-9-5-13(6-10-16)11-19-12-15-3-1-2-4-17(15)14-7-8-14/h1-6,9-10,14,19H,7-8,11-12H2. The van der Waals surface area contributed by atoms with Crippen molar-refractivity contribution >= 4 is 15.9 Å². The first-order valence-electron chi connectivity index (χ1n) is 6.86. The maximum absolute atomic E-state index is 3.55.